The molecule has 1 saturated heterocycles. The average Bonchev–Trinajstić information content (AvgIpc) is 3.27. The maximum Gasteiger partial charge on any atom is 0.321 e. The minimum Gasteiger partial charge on any atom is -0.324 e. The van der Waals surface area contributed by atoms with Gasteiger partial charge in [0.2, 0.25) is 0 Å². The molecule has 5 rings (SSSR count). The van der Waals surface area contributed by atoms with Crippen LogP contribution in [0.25, 0.3) is 16.3 Å². The molecular weight excluding hydrogens is 456 g/mol. The Hall–Kier alpha value is -3.97. The van der Waals surface area contributed by atoms with Crippen LogP contribution in [0.5, 0.6) is 0 Å². The van der Waals surface area contributed by atoms with E-state index in [4.69, 9.17) is 0 Å². The highest BCUT2D eigenvalue weighted by atomic mass is 32.1. The van der Waals surface area contributed by atoms with Crippen molar-refractivity contribution < 1.29 is 9.59 Å². The summed E-state index contributed by atoms with van der Waals surface area (Å²) in [5, 5.41) is 6.48. The fourth-order valence-electron chi connectivity index (χ4n) is 4.22. The number of hydrogen-bond donors (Lipinski definition) is 2. The number of amides is 3. The summed E-state index contributed by atoms with van der Waals surface area (Å²) in [6.07, 6.45) is 3.84. The molecule has 1 aliphatic heterocycles. The van der Waals surface area contributed by atoms with Crippen LogP contribution in [0.2, 0.25) is 0 Å². The lowest BCUT2D eigenvalue weighted by Gasteiger charge is -2.28. The Kier molecular flexibility index (Phi) is 6.59. The summed E-state index contributed by atoms with van der Waals surface area (Å²) in [5.74, 6) is -0.154. The van der Waals surface area contributed by atoms with Crippen molar-refractivity contribution in [1.29, 1.82) is 0 Å². The van der Waals surface area contributed by atoms with Crippen LogP contribution >= 0.6 is 11.3 Å². The topological polar surface area (TPSA) is 74.3 Å². The Morgan fingerprint density at radius 2 is 1.69 bits per heavy atom. The molecule has 0 unspecified atom stereocenters. The maximum atomic E-state index is 12.8. The van der Waals surface area contributed by atoms with Crippen LogP contribution in [-0.2, 0) is 0 Å². The van der Waals surface area contributed by atoms with Crippen molar-refractivity contribution in [3.05, 3.63) is 95.1 Å². The van der Waals surface area contributed by atoms with Crippen LogP contribution in [0.4, 0.5) is 15.6 Å². The van der Waals surface area contributed by atoms with E-state index in [-0.39, 0.29) is 11.9 Å². The molecule has 3 amide bonds. The van der Waals surface area contributed by atoms with E-state index in [1.54, 1.807) is 0 Å². The second kappa shape index (κ2) is 10.1. The van der Waals surface area contributed by atoms with Gasteiger partial charge in [0, 0.05) is 24.3 Å². The molecular formula is C28H26N4O2S. The van der Waals surface area contributed by atoms with Gasteiger partial charge in [-0.2, -0.15) is 0 Å². The molecule has 4 aromatic rings. The van der Waals surface area contributed by atoms with E-state index < -0.39 is 0 Å². The van der Waals surface area contributed by atoms with Gasteiger partial charge in [-0.1, -0.05) is 65.5 Å². The standard InChI is InChI=1S/C28H26N4O2S/c1-19-17-21(11-12-23(19)26(33)31-27-30-24-9-5-6-10-25(24)35-27)18-20-13-15-32(16-14-20)28(34)29-22-7-3-2-4-8-22/h2-12,17-18H,13-16H2,1H3,(H,29,34)(H,30,31,33). The van der Waals surface area contributed by atoms with Crippen LogP contribution in [-0.4, -0.2) is 34.9 Å². The van der Waals surface area contributed by atoms with Gasteiger partial charge in [-0.3, -0.25) is 10.1 Å². The number of hydrogen-bond acceptors (Lipinski definition) is 4. The summed E-state index contributed by atoms with van der Waals surface area (Å²) in [5.41, 5.74) is 5.61. The number of carbonyl (C=O) groups excluding carboxylic acids is 2. The summed E-state index contributed by atoms with van der Waals surface area (Å²) in [6, 6.07) is 23.2. The number of rotatable bonds is 4. The molecule has 6 nitrogen and oxygen atoms in total. The molecule has 0 bridgehead atoms. The van der Waals surface area contributed by atoms with E-state index in [1.807, 2.05) is 84.6 Å². The van der Waals surface area contributed by atoms with Crippen LogP contribution in [0.1, 0.15) is 34.3 Å². The van der Waals surface area contributed by atoms with Gasteiger partial charge in [-0.05, 0) is 61.2 Å². The van der Waals surface area contributed by atoms with Crippen molar-refractivity contribution in [2.24, 2.45) is 0 Å². The Labute approximate surface area is 208 Å². The largest absolute Gasteiger partial charge is 0.324 e. The number of anilines is 2. The predicted octanol–water partition coefficient (Wildman–Crippen LogP) is 6.57. The maximum absolute atomic E-state index is 12.8. The first-order chi connectivity index (χ1) is 17.0. The van der Waals surface area contributed by atoms with E-state index in [0.29, 0.717) is 23.8 Å². The molecule has 0 aliphatic carbocycles. The first-order valence-corrected chi connectivity index (χ1v) is 12.4. The minimum atomic E-state index is -0.154. The molecule has 176 valence electrons. The number of likely N-dealkylation sites (tertiary alicyclic amines) is 1. The van der Waals surface area contributed by atoms with E-state index >= 15 is 0 Å². The number of nitrogens with one attached hydrogen (secondary N) is 2. The zero-order chi connectivity index (χ0) is 24.2. The molecule has 1 aliphatic rings. The molecule has 0 saturated carbocycles. The number of fused-ring (bicyclic) bond motifs is 1. The van der Waals surface area contributed by atoms with Gasteiger partial charge in [0.1, 0.15) is 0 Å². The number of aryl methyl sites for hydroxylation is 1. The van der Waals surface area contributed by atoms with Gasteiger partial charge >= 0.3 is 6.03 Å². The van der Waals surface area contributed by atoms with Crippen LogP contribution in [0.15, 0.2) is 78.4 Å². The molecule has 2 heterocycles. The highest BCUT2D eigenvalue weighted by Gasteiger charge is 2.19. The van der Waals surface area contributed by atoms with Crippen LogP contribution in [0, 0.1) is 6.92 Å². The first kappa shape index (κ1) is 22.8. The highest BCUT2D eigenvalue weighted by molar-refractivity contribution is 7.22. The number of carbonyl (C=O) groups is 2. The van der Waals surface area contributed by atoms with Crippen LogP contribution < -0.4 is 10.6 Å². The zero-order valence-corrected chi connectivity index (χ0v) is 20.3. The zero-order valence-electron chi connectivity index (χ0n) is 19.5. The number of nitrogens with zero attached hydrogens (tertiary/aromatic N) is 2. The molecule has 1 fully saturated rings. The summed E-state index contributed by atoms with van der Waals surface area (Å²) in [6.45, 7) is 3.32. The molecule has 3 aromatic carbocycles. The molecule has 7 heteroatoms. The molecule has 0 atom stereocenters. The van der Waals surface area contributed by atoms with Gasteiger partial charge in [-0.15, -0.1) is 0 Å². The molecule has 0 radical (unpaired) electrons. The second-order valence-corrected chi connectivity index (χ2v) is 9.63. The number of thiazole rings is 1. The monoisotopic (exact) mass is 482 g/mol. The van der Waals surface area contributed by atoms with E-state index in [9.17, 15) is 9.59 Å². The Morgan fingerprint density at radius 1 is 0.943 bits per heavy atom. The number of para-hydroxylation sites is 2. The second-order valence-electron chi connectivity index (χ2n) is 8.60. The van der Waals surface area contributed by atoms with Gasteiger partial charge in [0.15, 0.2) is 5.13 Å². The van der Waals surface area contributed by atoms with E-state index in [0.717, 1.165) is 39.9 Å². The fourth-order valence-corrected chi connectivity index (χ4v) is 5.08. The van der Waals surface area contributed by atoms with Crippen LogP contribution in [0.3, 0.4) is 0 Å². The molecule has 35 heavy (non-hydrogen) atoms. The quantitative estimate of drug-likeness (QED) is 0.346. The van der Waals surface area contributed by atoms with Crippen molar-refractivity contribution >= 4 is 50.4 Å². The minimum absolute atomic E-state index is 0.0606. The first-order valence-electron chi connectivity index (χ1n) is 11.6. The third kappa shape index (κ3) is 5.41. The van der Waals surface area contributed by atoms with Crippen molar-refractivity contribution in [2.45, 2.75) is 19.8 Å². The smallest absolute Gasteiger partial charge is 0.321 e. The fraction of sp³-hybridized carbons (Fsp3) is 0.179. The summed E-state index contributed by atoms with van der Waals surface area (Å²) in [7, 11) is 0. The van der Waals surface area contributed by atoms with Crippen molar-refractivity contribution in [3.63, 3.8) is 0 Å². The van der Waals surface area contributed by atoms with Crippen molar-refractivity contribution in [2.75, 3.05) is 23.7 Å². The molecule has 2 N–H and O–H groups in total. The summed E-state index contributed by atoms with van der Waals surface area (Å²) >= 11 is 1.47. The summed E-state index contributed by atoms with van der Waals surface area (Å²) in [4.78, 5) is 31.7. The van der Waals surface area contributed by atoms with Gasteiger partial charge in [0.05, 0.1) is 10.2 Å². The van der Waals surface area contributed by atoms with Gasteiger partial charge in [0.25, 0.3) is 5.91 Å². The Bertz CT molecular complexity index is 1370. The lowest BCUT2D eigenvalue weighted by Crippen LogP contribution is -2.39. The number of benzene rings is 3. The normalized spacial score (nSPS) is 13.5. The Balaban J connectivity index is 1.19. The highest BCUT2D eigenvalue weighted by Crippen LogP contribution is 2.26. The third-order valence-corrected chi connectivity index (χ3v) is 7.05. The van der Waals surface area contributed by atoms with Crippen molar-refractivity contribution in [3.8, 4) is 0 Å². The third-order valence-electron chi connectivity index (χ3n) is 6.10. The number of aromatic nitrogens is 1. The van der Waals surface area contributed by atoms with Gasteiger partial charge in [-0.25, -0.2) is 9.78 Å². The number of piperidine rings is 1. The number of urea groups is 1. The van der Waals surface area contributed by atoms with E-state index in [1.165, 1.54) is 16.9 Å². The lowest BCUT2D eigenvalue weighted by molar-refractivity contribution is 0.102. The molecule has 1 aromatic heterocycles. The van der Waals surface area contributed by atoms with Gasteiger partial charge < -0.3 is 10.2 Å². The van der Waals surface area contributed by atoms with E-state index in [2.05, 4.69) is 21.7 Å². The molecule has 0 spiro atoms. The SMILES string of the molecule is Cc1cc(C=C2CCN(C(=O)Nc3ccccc3)CC2)ccc1C(=O)Nc1nc2ccccc2s1. The lowest BCUT2D eigenvalue weighted by atomic mass is 9.98. The Morgan fingerprint density at radius 3 is 2.43 bits per heavy atom. The van der Waals surface area contributed by atoms with Crippen molar-refractivity contribution in [1.82, 2.24) is 9.88 Å². The predicted molar refractivity (Wildman–Crippen MR) is 143 cm³/mol. The average molecular weight is 483 g/mol. The summed E-state index contributed by atoms with van der Waals surface area (Å²) < 4.78 is 1.05.